The summed E-state index contributed by atoms with van der Waals surface area (Å²) in [6.07, 6.45) is 3.37. The first-order chi connectivity index (χ1) is 11.2. The first-order valence-corrected chi connectivity index (χ1v) is 8.11. The molecule has 0 aliphatic rings. The normalized spacial score (nSPS) is 10.5. The Kier molecular flexibility index (Phi) is 4.43. The topological polar surface area (TPSA) is 56.1 Å². The molecule has 118 valence electrons. The van der Waals surface area contributed by atoms with Gasteiger partial charge in [0.1, 0.15) is 10.6 Å². The molecule has 0 radical (unpaired) electrons. The molecule has 3 aromatic rings. The number of nitrogens with one attached hydrogen (secondary N) is 1. The molecule has 3 rings (SSSR count). The number of aryl methyl sites for hydroxylation is 1. The van der Waals surface area contributed by atoms with Gasteiger partial charge in [0.05, 0.1) is 18.5 Å². The summed E-state index contributed by atoms with van der Waals surface area (Å²) in [5.41, 5.74) is 1.73. The zero-order chi connectivity index (χ0) is 16.2. The SMILES string of the molecule is CCOc1cc(-c2ccccc2)sc1C(=O)Nc1cnn(C)c1. The molecular formula is C17H17N3O2S. The summed E-state index contributed by atoms with van der Waals surface area (Å²) in [5.74, 6) is 0.423. The summed E-state index contributed by atoms with van der Waals surface area (Å²) in [7, 11) is 1.81. The minimum absolute atomic E-state index is 0.186. The summed E-state index contributed by atoms with van der Waals surface area (Å²) in [5, 5.41) is 6.90. The van der Waals surface area contributed by atoms with Crippen molar-refractivity contribution in [2.45, 2.75) is 6.92 Å². The zero-order valence-corrected chi connectivity index (χ0v) is 13.8. The van der Waals surface area contributed by atoms with E-state index in [0.29, 0.717) is 22.9 Å². The first kappa shape index (κ1) is 15.3. The van der Waals surface area contributed by atoms with E-state index in [2.05, 4.69) is 10.4 Å². The van der Waals surface area contributed by atoms with Crippen LogP contribution in [0.5, 0.6) is 5.75 Å². The third-order valence-corrected chi connectivity index (χ3v) is 4.39. The molecular weight excluding hydrogens is 310 g/mol. The highest BCUT2D eigenvalue weighted by Gasteiger charge is 2.19. The van der Waals surface area contributed by atoms with Gasteiger partial charge in [0.2, 0.25) is 0 Å². The number of nitrogens with zero attached hydrogens (tertiary/aromatic N) is 2. The van der Waals surface area contributed by atoms with E-state index in [1.54, 1.807) is 24.1 Å². The van der Waals surface area contributed by atoms with Gasteiger partial charge in [-0.1, -0.05) is 30.3 Å². The van der Waals surface area contributed by atoms with Crippen LogP contribution in [0.3, 0.4) is 0 Å². The maximum atomic E-state index is 12.5. The second-order valence-electron chi connectivity index (χ2n) is 4.96. The van der Waals surface area contributed by atoms with E-state index in [1.165, 1.54) is 11.3 Å². The second-order valence-corrected chi connectivity index (χ2v) is 6.01. The number of aromatic nitrogens is 2. The highest BCUT2D eigenvalue weighted by Crippen LogP contribution is 2.36. The number of carbonyl (C=O) groups excluding carboxylic acids is 1. The molecule has 2 heterocycles. The van der Waals surface area contributed by atoms with Gasteiger partial charge >= 0.3 is 0 Å². The average Bonchev–Trinajstić information content (AvgIpc) is 3.15. The number of thiophene rings is 1. The van der Waals surface area contributed by atoms with Gasteiger partial charge < -0.3 is 10.1 Å². The Balaban J connectivity index is 1.90. The highest BCUT2D eigenvalue weighted by molar-refractivity contribution is 7.17. The number of ether oxygens (including phenoxy) is 1. The van der Waals surface area contributed by atoms with Gasteiger partial charge in [-0.3, -0.25) is 9.48 Å². The van der Waals surface area contributed by atoms with E-state index in [1.807, 2.05) is 43.3 Å². The van der Waals surface area contributed by atoms with Gasteiger partial charge in [-0.2, -0.15) is 5.10 Å². The molecule has 0 bridgehead atoms. The van der Waals surface area contributed by atoms with E-state index < -0.39 is 0 Å². The molecule has 2 aromatic heterocycles. The van der Waals surface area contributed by atoms with Crippen LogP contribution >= 0.6 is 11.3 Å². The number of amides is 1. The zero-order valence-electron chi connectivity index (χ0n) is 12.9. The van der Waals surface area contributed by atoms with E-state index in [0.717, 1.165) is 10.4 Å². The lowest BCUT2D eigenvalue weighted by Gasteiger charge is -2.04. The molecule has 6 heteroatoms. The minimum atomic E-state index is -0.186. The summed E-state index contributed by atoms with van der Waals surface area (Å²) < 4.78 is 7.27. The monoisotopic (exact) mass is 327 g/mol. The number of benzene rings is 1. The van der Waals surface area contributed by atoms with Crippen molar-refractivity contribution >= 4 is 22.9 Å². The van der Waals surface area contributed by atoms with Gasteiger partial charge in [0, 0.05) is 18.1 Å². The molecule has 0 fully saturated rings. The summed E-state index contributed by atoms with van der Waals surface area (Å²) >= 11 is 1.42. The summed E-state index contributed by atoms with van der Waals surface area (Å²) in [6, 6.07) is 11.9. The predicted molar refractivity (Wildman–Crippen MR) is 92.1 cm³/mol. The Morgan fingerprint density at radius 1 is 1.35 bits per heavy atom. The lowest BCUT2D eigenvalue weighted by atomic mass is 10.2. The number of hydrogen-bond donors (Lipinski definition) is 1. The second kappa shape index (κ2) is 6.66. The van der Waals surface area contributed by atoms with Crippen LogP contribution < -0.4 is 10.1 Å². The smallest absolute Gasteiger partial charge is 0.269 e. The largest absolute Gasteiger partial charge is 0.492 e. The molecule has 0 atom stereocenters. The van der Waals surface area contributed by atoms with Crippen LogP contribution in [-0.2, 0) is 7.05 Å². The Labute approximate surface area is 138 Å². The number of rotatable bonds is 5. The van der Waals surface area contributed by atoms with E-state index in [4.69, 9.17) is 4.74 Å². The molecule has 0 unspecified atom stereocenters. The molecule has 0 aliphatic heterocycles. The van der Waals surface area contributed by atoms with Crippen molar-refractivity contribution < 1.29 is 9.53 Å². The maximum Gasteiger partial charge on any atom is 0.269 e. The Morgan fingerprint density at radius 3 is 2.78 bits per heavy atom. The van der Waals surface area contributed by atoms with Crippen LogP contribution in [0, 0.1) is 0 Å². The van der Waals surface area contributed by atoms with Crippen LogP contribution in [-0.4, -0.2) is 22.3 Å². The van der Waals surface area contributed by atoms with Gasteiger partial charge in [0.25, 0.3) is 5.91 Å². The quantitative estimate of drug-likeness (QED) is 0.775. The van der Waals surface area contributed by atoms with Crippen molar-refractivity contribution in [3.63, 3.8) is 0 Å². The van der Waals surface area contributed by atoms with E-state index in [-0.39, 0.29) is 5.91 Å². The minimum Gasteiger partial charge on any atom is -0.492 e. The fourth-order valence-corrected chi connectivity index (χ4v) is 3.22. The fraction of sp³-hybridized carbons (Fsp3) is 0.176. The maximum absolute atomic E-state index is 12.5. The highest BCUT2D eigenvalue weighted by atomic mass is 32.1. The third kappa shape index (κ3) is 3.43. The Morgan fingerprint density at radius 2 is 2.13 bits per heavy atom. The van der Waals surface area contributed by atoms with Crippen molar-refractivity contribution in [3.05, 3.63) is 53.7 Å². The van der Waals surface area contributed by atoms with Gasteiger partial charge in [-0.05, 0) is 18.6 Å². The molecule has 0 aliphatic carbocycles. The summed E-state index contributed by atoms with van der Waals surface area (Å²) in [4.78, 5) is 14.1. The average molecular weight is 327 g/mol. The van der Waals surface area contributed by atoms with Crippen LogP contribution in [0.25, 0.3) is 10.4 Å². The van der Waals surface area contributed by atoms with Crippen LogP contribution in [0.15, 0.2) is 48.8 Å². The number of anilines is 1. The molecule has 5 nitrogen and oxygen atoms in total. The number of carbonyl (C=O) groups is 1. The van der Waals surface area contributed by atoms with E-state index >= 15 is 0 Å². The van der Waals surface area contributed by atoms with Crippen LogP contribution in [0.2, 0.25) is 0 Å². The molecule has 0 saturated heterocycles. The van der Waals surface area contributed by atoms with Gasteiger partial charge in [-0.25, -0.2) is 0 Å². The first-order valence-electron chi connectivity index (χ1n) is 7.29. The van der Waals surface area contributed by atoms with Crippen molar-refractivity contribution in [2.75, 3.05) is 11.9 Å². The third-order valence-electron chi connectivity index (χ3n) is 3.23. The number of hydrogen-bond acceptors (Lipinski definition) is 4. The molecule has 0 saturated carbocycles. The predicted octanol–water partition coefficient (Wildman–Crippen LogP) is 3.80. The van der Waals surface area contributed by atoms with Crippen molar-refractivity contribution in [1.29, 1.82) is 0 Å². The lowest BCUT2D eigenvalue weighted by Crippen LogP contribution is -2.11. The lowest BCUT2D eigenvalue weighted by molar-refractivity contribution is 0.102. The van der Waals surface area contributed by atoms with Crippen LogP contribution in [0.4, 0.5) is 5.69 Å². The standard InChI is InChI=1S/C17H17N3O2S/c1-3-22-14-9-15(12-7-5-4-6-8-12)23-16(14)17(21)19-13-10-18-20(2)11-13/h4-11H,3H2,1-2H3,(H,19,21). The van der Waals surface area contributed by atoms with Crippen LogP contribution in [0.1, 0.15) is 16.6 Å². The van der Waals surface area contributed by atoms with Gasteiger partial charge in [0.15, 0.2) is 0 Å². The van der Waals surface area contributed by atoms with E-state index in [9.17, 15) is 4.79 Å². The van der Waals surface area contributed by atoms with Crippen molar-refractivity contribution in [2.24, 2.45) is 7.05 Å². The summed E-state index contributed by atoms with van der Waals surface area (Å²) in [6.45, 7) is 2.42. The molecule has 23 heavy (non-hydrogen) atoms. The van der Waals surface area contributed by atoms with Crippen molar-refractivity contribution in [1.82, 2.24) is 9.78 Å². The van der Waals surface area contributed by atoms with Gasteiger partial charge in [-0.15, -0.1) is 11.3 Å². The molecule has 1 amide bonds. The molecule has 1 N–H and O–H groups in total. The molecule has 0 spiro atoms. The van der Waals surface area contributed by atoms with Crippen molar-refractivity contribution in [3.8, 4) is 16.2 Å². The molecule has 1 aromatic carbocycles. The Bertz CT molecular complexity index is 808. The fourth-order valence-electron chi connectivity index (χ4n) is 2.21. The Hall–Kier alpha value is -2.60.